The Bertz CT molecular complexity index is 1450. The van der Waals surface area contributed by atoms with Crippen LogP contribution < -0.4 is 10.7 Å². The fraction of sp³-hybridized carbons (Fsp3) is 0.0952. The van der Waals surface area contributed by atoms with Gasteiger partial charge in [-0.1, -0.05) is 36.0 Å². The molecule has 0 atom stereocenters. The number of pyridine rings is 1. The molecule has 0 saturated carbocycles. The van der Waals surface area contributed by atoms with Crippen LogP contribution in [0.25, 0.3) is 22.2 Å². The highest BCUT2D eigenvalue weighted by atomic mass is 32.2. The van der Waals surface area contributed by atoms with Gasteiger partial charge < -0.3 is 0 Å². The SMILES string of the molecule is CSc1ncc2ccc(=O)n(Cc3ccc(-c4cc(F)cc(S(N)(=O)=O)c4)cc3)c2n1. The first-order valence-electron chi connectivity index (χ1n) is 9.08. The van der Waals surface area contributed by atoms with Gasteiger partial charge in [0, 0.05) is 17.6 Å². The number of rotatable bonds is 5. The Hall–Kier alpha value is -3.08. The van der Waals surface area contributed by atoms with Crippen LogP contribution in [-0.4, -0.2) is 29.2 Å². The van der Waals surface area contributed by atoms with Gasteiger partial charge in [0.1, 0.15) is 11.5 Å². The molecular formula is C21H17FN4O3S2. The van der Waals surface area contributed by atoms with E-state index in [9.17, 15) is 17.6 Å². The minimum atomic E-state index is -4.03. The Labute approximate surface area is 181 Å². The molecule has 0 unspecified atom stereocenters. The van der Waals surface area contributed by atoms with Gasteiger partial charge in [-0.15, -0.1) is 0 Å². The molecule has 2 N–H and O–H groups in total. The first-order valence-corrected chi connectivity index (χ1v) is 11.8. The Morgan fingerprint density at radius 3 is 2.48 bits per heavy atom. The van der Waals surface area contributed by atoms with Gasteiger partial charge in [-0.05, 0) is 47.2 Å². The molecule has 158 valence electrons. The number of halogens is 1. The van der Waals surface area contributed by atoms with E-state index in [2.05, 4.69) is 9.97 Å². The van der Waals surface area contributed by atoms with Crippen LogP contribution >= 0.6 is 11.8 Å². The summed E-state index contributed by atoms with van der Waals surface area (Å²) in [6.45, 7) is 0.285. The number of sulfonamides is 1. The summed E-state index contributed by atoms with van der Waals surface area (Å²) in [6.07, 6.45) is 3.54. The molecule has 0 saturated heterocycles. The van der Waals surface area contributed by atoms with E-state index in [1.807, 2.05) is 6.26 Å². The highest BCUT2D eigenvalue weighted by Gasteiger charge is 2.12. The lowest BCUT2D eigenvalue weighted by Gasteiger charge is -2.11. The van der Waals surface area contributed by atoms with Gasteiger partial charge >= 0.3 is 0 Å². The van der Waals surface area contributed by atoms with Crippen LogP contribution in [0, 0.1) is 5.82 Å². The molecular weight excluding hydrogens is 439 g/mol. The average molecular weight is 457 g/mol. The topological polar surface area (TPSA) is 108 Å². The molecule has 2 aromatic heterocycles. The number of hydrogen-bond donors (Lipinski definition) is 1. The van der Waals surface area contributed by atoms with Gasteiger partial charge in [-0.3, -0.25) is 9.36 Å². The van der Waals surface area contributed by atoms with Crippen molar-refractivity contribution in [1.29, 1.82) is 0 Å². The van der Waals surface area contributed by atoms with Crippen molar-refractivity contribution in [3.8, 4) is 11.1 Å². The van der Waals surface area contributed by atoms with Crippen molar-refractivity contribution in [3.05, 3.63) is 82.5 Å². The van der Waals surface area contributed by atoms with E-state index in [0.717, 1.165) is 17.0 Å². The molecule has 0 radical (unpaired) electrons. The van der Waals surface area contributed by atoms with E-state index in [1.165, 1.54) is 30.0 Å². The van der Waals surface area contributed by atoms with Crippen molar-refractivity contribution in [2.75, 3.05) is 6.26 Å². The molecule has 0 aliphatic heterocycles. The number of hydrogen-bond acceptors (Lipinski definition) is 6. The number of nitrogens with zero attached hydrogens (tertiary/aromatic N) is 3. The minimum absolute atomic E-state index is 0.190. The average Bonchev–Trinajstić information content (AvgIpc) is 2.75. The number of primary sulfonamides is 1. The van der Waals surface area contributed by atoms with Crippen LogP contribution in [0.3, 0.4) is 0 Å². The summed E-state index contributed by atoms with van der Waals surface area (Å²) in [5, 5.41) is 6.45. The Morgan fingerprint density at radius 2 is 1.81 bits per heavy atom. The molecule has 31 heavy (non-hydrogen) atoms. The first kappa shape index (κ1) is 21.2. The van der Waals surface area contributed by atoms with E-state index >= 15 is 0 Å². The molecule has 0 amide bonds. The van der Waals surface area contributed by atoms with Gasteiger partial charge in [0.25, 0.3) is 5.56 Å². The summed E-state index contributed by atoms with van der Waals surface area (Å²) in [6, 6.07) is 13.6. The summed E-state index contributed by atoms with van der Waals surface area (Å²) in [4.78, 5) is 20.9. The molecule has 2 heterocycles. The third kappa shape index (κ3) is 4.50. The first-order chi connectivity index (χ1) is 14.7. The highest BCUT2D eigenvalue weighted by Crippen LogP contribution is 2.24. The molecule has 0 aliphatic rings. The zero-order valence-corrected chi connectivity index (χ0v) is 18.0. The highest BCUT2D eigenvalue weighted by molar-refractivity contribution is 7.98. The lowest BCUT2D eigenvalue weighted by atomic mass is 10.0. The molecule has 0 spiro atoms. The lowest BCUT2D eigenvalue weighted by Crippen LogP contribution is -2.21. The fourth-order valence-electron chi connectivity index (χ4n) is 3.19. The molecule has 0 fully saturated rings. The number of benzene rings is 2. The largest absolute Gasteiger partial charge is 0.288 e. The van der Waals surface area contributed by atoms with Crippen LogP contribution in [0.1, 0.15) is 5.56 Å². The molecule has 4 rings (SSSR count). The van der Waals surface area contributed by atoms with Crippen molar-refractivity contribution in [3.63, 3.8) is 0 Å². The molecule has 0 aliphatic carbocycles. The Balaban J connectivity index is 1.70. The minimum Gasteiger partial charge on any atom is -0.288 e. The van der Waals surface area contributed by atoms with Crippen molar-refractivity contribution >= 4 is 32.8 Å². The van der Waals surface area contributed by atoms with Crippen molar-refractivity contribution < 1.29 is 12.8 Å². The molecule has 4 aromatic rings. The number of fused-ring (bicyclic) bond motifs is 1. The van der Waals surface area contributed by atoms with E-state index < -0.39 is 15.8 Å². The van der Waals surface area contributed by atoms with Crippen LogP contribution in [0.5, 0.6) is 0 Å². The lowest BCUT2D eigenvalue weighted by molar-refractivity contribution is 0.592. The molecule has 7 nitrogen and oxygen atoms in total. The van der Waals surface area contributed by atoms with Crippen molar-refractivity contribution in [2.24, 2.45) is 5.14 Å². The van der Waals surface area contributed by atoms with E-state index in [-0.39, 0.29) is 17.0 Å². The van der Waals surface area contributed by atoms with Gasteiger partial charge in [-0.2, -0.15) is 0 Å². The van der Waals surface area contributed by atoms with Gasteiger partial charge in [-0.25, -0.2) is 27.9 Å². The predicted octanol–water partition coefficient (Wildman–Crippen LogP) is 3.02. The smallest absolute Gasteiger partial charge is 0.252 e. The quantitative estimate of drug-likeness (QED) is 0.365. The van der Waals surface area contributed by atoms with E-state index in [0.29, 0.717) is 21.9 Å². The van der Waals surface area contributed by atoms with Crippen molar-refractivity contribution in [1.82, 2.24) is 14.5 Å². The number of thioether (sulfide) groups is 1. The fourth-order valence-corrected chi connectivity index (χ4v) is 4.09. The third-order valence-corrected chi connectivity index (χ3v) is 6.17. The zero-order valence-electron chi connectivity index (χ0n) is 16.3. The van der Waals surface area contributed by atoms with Gasteiger partial charge in [0.2, 0.25) is 10.0 Å². The second kappa shape index (κ2) is 8.22. The summed E-state index contributed by atoms with van der Waals surface area (Å²) < 4.78 is 38.6. The van der Waals surface area contributed by atoms with E-state index in [4.69, 9.17) is 5.14 Å². The van der Waals surface area contributed by atoms with Gasteiger partial charge in [0.15, 0.2) is 5.16 Å². The zero-order chi connectivity index (χ0) is 22.2. The molecule has 10 heteroatoms. The Morgan fingerprint density at radius 1 is 1.06 bits per heavy atom. The predicted molar refractivity (Wildman–Crippen MR) is 118 cm³/mol. The number of nitrogens with two attached hydrogens (primary N) is 1. The maximum atomic E-state index is 13.9. The summed E-state index contributed by atoms with van der Waals surface area (Å²) in [7, 11) is -4.03. The standard InChI is InChI=1S/C21H17FN4O3S2/c1-30-21-24-11-15-6-7-19(27)26(20(15)25-21)12-13-2-4-14(5-3-13)16-8-17(22)10-18(9-16)31(23,28)29/h2-11H,12H2,1H3,(H2,23,28,29). The second-order valence-corrected chi connectivity index (χ2v) is 9.15. The second-order valence-electron chi connectivity index (χ2n) is 6.81. The normalized spacial score (nSPS) is 11.7. The Kier molecular flexibility index (Phi) is 5.61. The maximum absolute atomic E-state index is 13.9. The number of aromatic nitrogens is 3. The summed E-state index contributed by atoms with van der Waals surface area (Å²) >= 11 is 1.39. The monoisotopic (exact) mass is 456 g/mol. The summed E-state index contributed by atoms with van der Waals surface area (Å²) in [5.74, 6) is -0.697. The van der Waals surface area contributed by atoms with Crippen LogP contribution in [0.2, 0.25) is 0 Å². The van der Waals surface area contributed by atoms with E-state index in [1.54, 1.807) is 41.1 Å². The van der Waals surface area contributed by atoms with Gasteiger partial charge in [0.05, 0.1) is 11.4 Å². The van der Waals surface area contributed by atoms with Crippen LogP contribution in [0.15, 0.2) is 75.6 Å². The maximum Gasteiger partial charge on any atom is 0.252 e. The molecule has 0 bridgehead atoms. The summed E-state index contributed by atoms with van der Waals surface area (Å²) in [5.41, 5.74) is 2.18. The van der Waals surface area contributed by atoms with Crippen LogP contribution in [-0.2, 0) is 16.6 Å². The third-order valence-electron chi connectivity index (χ3n) is 4.71. The molecule has 2 aromatic carbocycles. The van der Waals surface area contributed by atoms with Crippen LogP contribution in [0.4, 0.5) is 4.39 Å². The van der Waals surface area contributed by atoms with Crippen molar-refractivity contribution in [2.45, 2.75) is 16.6 Å².